The molecule has 1 aromatic heterocycles. The zero-order valence-corrected chi connectivity index (χ0v) is 17.0. The maximum Gasteiger partial charge on any atom is 0.243 e. The first kappa shape index (κ1) is 21.9. The van der Waals surface area contributed by atoms with Gasteiger partial charge in [0.2, 0.25) is 15.9 Å². The minimum Gasteiger partial charge on any atom is -0.360 e. The molecule has 30 heavy (non-hydrogen) atoms. The van der Waals surface area contributed by atoms with E-state index >= 15 is 0 Å². The Morgan fingerprint density at radius 3 is 2.47 bits per heavy atom. The summed E-state index contributed by atoms with van der Waals surface area (Å²) >= 11 is 5.89. The van der Waals surface area contributed by atoms with E-state index in [2.05, 4.69) is 5.16 Å². The molecule has 0 aliphatic rings. The summed E-state index contributed by atoms with van der Waals surface area (Å²) in [6, 6.07) is 9.88. The molecule has 0 unspecified atom stereocenters. The lowest BCUT2D eigenvalue weighted by atomic mass is 9.97. The lowest BCUT2D eigenvalue weighted by Gasteiger charge is -2.07. The lowest BCUT2D eigenvalue weighted by Crippen LogP contribution is -2.18. The fourth-order valence-electron chi connectivity index (χ4n) is 2.91. The third kappa shape index (κ3) is 4.85. The van der Waals surface area contributed by atoms with Crippen LogP contribution in [0, 0.1) is 5.82 Å². The average Bonchev–Trinajstić information content (AvgIpc) is 3.13. The van der Waals surface area contributed by atoms with Crippen LogP contribution >= 0.6 is 11.6 Å². The second kappa shape index (κ2) is 8.92. The molecule has 0 saturated carbocycles. The maximum absolute atomic E-state index is 13.6. The van der Waals surface area contributed by atoms with E-state index < -0.39 is 21.7 Å². The van der Waals surface area contributed by atoms with Crippen molar-refractivity contribution in [3.63, 3.8) is 0 Å². The number of hydrogen-bond acceptors (Lipinski definition) is 6. The first-order valence-electron chi connectivity index (χ1n) is 8.71. The molecule has 0 radical (unpaired) electrons. The second-order valence-corrected chi connectivity index (χ2v) is 8.38. The Hall–Kier alpha value is -2.79. The van der Waals surface area contributed by atoms with E-state index in [9.17, 15) is 17.6 Å². The maximum atomic E-state index is 13.6. The Labute approximate surface area is 176 Å². The van der Waals surface area contributed by atoms with Gasteiger partial charge in [-0.15, -0.1) is 0 Å². The molecule has 1 amide bonds. The van der Waals surface area contributed by atoms with E-state index in [0.29, 0.717) is 41.0 Å². The highest BCUT2D eigenvalue weighted by Crippen LogP contribution is 2.37. The summed E-state index contributed by atoms with van der Waals surface area (Å²) in [7, 11) is -3.86. The molecule has 3 aromatic rings. The number of nitrogens with two attached hydrogens (primary N) is 1. The van der Waals surface area contributed by atoms with E-state index in [1.54, 1.807) is 17.6 Å². The molecule has 0 saturated heterocycles. The van der Waals surface area contributed by atoms with Crippen LogP contribution in [0.3, 0.4) is 0 Å². The third-order valence-electron chi connectivity index (χ3n) is 4.36. The van der Waals surface area contributed by atoms with E-state index in [1.165, 1.54) is 30.3 Å². The van der Waals surface area contributed by atoms with Gasteiger partial charge in [-0.1, -0.05) is 28.9 Å². The molecule has 4 N–H and O–H groups in total. The molecule has 0 bridgehead atoms. The van der Waals surface area contributed by atoms with Crippen LogP contribution in [0.25, 0.3) is 22.4 Å². The Morgan fingerprint density at radius 1 is 1.20 bits per heavy atom. The van der Waals surface area contributed by atoms with Crippen LogP contribution in [-0.4, -0.2) is 24.7 Å². The number of primary sulfonamides is 1. The van der Waals surface area contributed by atoms with Gasteiger partial charge in [0.05, 0.1) is 15.5 Å². The molecular weight excluding hydrogens is 437 g/mol. The molecule has 3 rings (SSSR count). The predicted molar refractivity (Wildman–Crippen MR) is 107 cm³/mol. The topological polar surface area (TPSA) is 136 Å². The normalized spacial score (nSPS) is 11.5. The Morgan fingerprint density at radius 2 is 1.87 bits per heavy atom. The molecule has 2 aromatic carbocycles. The monoisotopic (exact) mass is 453 g/mol. The summed E-state index contributed by atoms with van der Waals surface area (Å²) in [5, 5.41) is 17.8. The summed E-state index contributed by atoms with van der Waals surface area (Å²) in [4.78, 5) is 11.2. The number of nitrogens with zero attached hydrogens (tertiary/aromatic N) is 1. The first-order chi connectivity index (χ1) is 14.2. The summed E-state index contributed by atoms with van der Waals surface area (Å²) in [5.41, 5.74) is 3.56. The van der Waals surface area contributed by atoms with Crippen LogP contribution < -0.4 is 10.6 Å². The zero-order valence-electron chi connectivity index (χ0n) is 15.4. The fourth-order valence-corrected chi connectivity index (χ4v) is 3.61. The molecule has 11 heteroatoms. The molecule has 0 spiro atoms. The highest BCUT2D eigenvalue weighted by Gasteiger charge is 2.21. The quantitative estimate of drug-likeness (QED) is 0.371. The Bertz CT molecular complexity index is 1180. The number of hydroxylamine groups is 1. The van der Waals surface area contributed by atoms with Gasteiger partial charge in [-0.05, 0) is 42.3 Å². The molecule has 0 atom stereocenters. The van der Waals surface area contributed by atoms with Gasteiger partial charge in [-0.25, -0.2) is 23.4 Å². The number of carbonyl (C=O) groups excluding carboxylic acids is 1. The van der Waals surface area contributed by atoms with Gasteiger partial charge >= 0.3 is 0 Å². The smallest absolute Gasteiger partial charge is 0.243 e. The van der Waals surface area contributed by atoms with Crippen molar-refractivity contribution in [3.8, 4) is 22.4 Å². The van der Waals surface area contributed by atoms with E-state index in [1.807, 2.05) is 0 Å². The average molecular weight is 454 g/mol. The number of aryl methyl sites for hydroxylation is 1. The lowest BCUT2D eigenvalue weighted by molar-refractivity contribution is -0.129. The Kier molecular flexibility index (Phi) is 6.52. The molecular formula is C19H17ClFN3O5S. The van der Waals surface area contributed by atoms with Crippen molar-refractivity contribution in [2.24, 2.45) is 5.14 Å². The number of carbonyl (C=O) groups is 1. The number of halogens is 2. The van der Waals surface area contributed by atoms with Crippen LogP contribution in [0.1, 0.15) is 18.6 Å². The molecule has 0 aliphatic carbocycles. The number of benzene rings is 2. The fraction of sp³-hybridized carbons (Fsp3) is 0.158. The standard InChI is InChI=1S/C19H17ClFN3O5S/c20-14-10-12(6-9-15(14)21)19-18(11-4-7-13(8-5-11)30(22,27)28)16(29-24-19)2-1-3-17(25)23-26/h4-10,26H,1-3H2,(H,23,25)(H2,22,27,28). The van der Waals surface area contributed by atoms with Crippen molar-refractivity contribution < 1.29 is 27.3 Å². The van der Waals surface area contributed by atoms with Crippen molar-refractivity contribution in [1.29, 1.82) is 0 Å². The van der Waals surface area contributed by atoms with Gasteiger partial charge in [0.25, 0.3) is 0 Å². The summed E-state index contributed by atoms with van der Waals surface area (Å²) in [6.07, 6.45) is 0.716. The van der Waals surface area contributed by atoms with Gasteiger partial charge in [-0.3, -0.25) is 10.0 Å². The number of aromatic nitrogens is 1. The van der Waals surface area contributed by atoms with Crippen molar-refractivity contribution in [2.45, 2.75) is 24.2 Å². The van der Waals surface area contributed by atoms with Crippen molar-refractivity contribution >= 4 is 27.5 Å². The number of nitrogens with one attached hydrogen (secondary N) is 1. The van der Waals surface area contributed by atoms with E-state index in [-0.39, 0.29) is 16.3 Å². The van der Waals surface area contributed by atoms with Crippen molar-refractivity contribution in [1.82, 2.24) is 10.6 Å². The summed E-state index contributed by atoms with van der Waals surface area (Å²) in [6.45, 7) is 0. The number of hydrogen-bond donors (Lipinski definition) is 3. The van der Waals surface area contributed by atoms with Crippen LogP contribution in [-0.2, 0) is 21.2 Å². The van der Waals surface area contributed by atoms with E-state index in [4.69, 9.17) is 26.5 Å². The molecule has 8 nitrogen and oxygen atoms in total. The largest absolute Gasteiger partial charge is 0.360 e. The van der Waals surface area contributed by atoms with E-state index in [0.717, 1.165) is 0 Å². The minimum absolute atomic E-state index is 0.0543. The van der Waals surface area contributed by atoms with Crippen LogP contribution in [0.5, 0.6) is 0 Å². The second-order valence-electron chi connectivity index (χ2n) is 6.42. The number of sulfonamides is 1. The van der Waals surface area contributed by atoms with Gasteiger partial charge in [0, 0.05) is 18.4 Å². The molecule has 1 heterocycles. The minimum atomic E-state index is -3.86. The predicted octanol–water partition coefficient (Wildman–Crippen LogP) is 3.28. The Balaban J connectivity index is 2.05. The molecule has 0 aliphatic heterocycles. The van der Waals surface area contributed by atoms with Crippen LogP contribution in [0.15, 0.2) is 51.9 Å². The van der Waals surface area contributed by atoms with Gasteiger partial charge < -0.3 is 4.52 Å². The van der Waals surface area contributed by atoms with Gasteiger partial charge in [0.1, 0.15) is 17.3 Å². The highest BCUT2D eigenvalue weighted by atomic mass is 35.5. The summed E-state index contributed by atoms with van der Waals surface area (Å²) < 4.78 is 42.1. The third-order valence-corrected chi connectivity index (χ3v) is 5.58. The van der Waals surface area contributed by atoms with Crippen molar-refractivity contribution in [2.75, 3.05) is 0 Å². The molecule has 158 valence electrons. The number of amides is 1. The van der Waals surface area contributed by atoms with Gasteiger partial charge in [-0.2, -0.15) is 0 Å². The summed E-state index contributed by atoms with van der Waals surface area (Å²) in [5.74, 6) is -0.697. The van der Waals surface area contributed by atoms with Gasteiger partial charge in [0.15, 0.2) is 0 Å². The van der Waals surface area contributed by atoms with Crippen LogP contribution in [0.2, 0.25) is 5.02 Å². The van der Waals surface area contributed by atoms with Crippen molar-refractivity contribution in [3.05, 3.63) is 59.1 Å². The number of rotatable bonds is 7. The SMILES string of the molecule is NS(=O)(=O)c1ccc(-c2c(-c3ccc(F)c(Cl)c3)noc2CCCC(=O)NO)cc1. The molecule has 0 fully saturated rings. The van der Waals surface area contributed by atoms with Crippen LogP contribution in [0.4, 0.5) is 4.39 Å². The highest BCUT2D eigenvalue weighted by molar-refractivity contribution is 7.89. The first-order valence-corrected chi connectivity index (χ1v) is 10.6. The zero-order chi connectivity index (χ0) is 21.9.